The molecule has 1 N–H and O–H groups in total. The minimum absolute atomic E-state index is 0.605. The lowest BCUT2D eigenvalue weighted by Crippen LogP contribution is -2.38. The van der Waals surface area contributed by atoms with E-state index in [1.165, 1.54) is 41.3 Å². The second-order valence-corrected chi connectivity index (χ2v) is 8.06. The summed E-state index contributed by atoms with van der Waals surface area (Å²) in [5, 5.41) is 4.87. The second-order valence-electron chi connectivity index (χ2n) is 6.77. The fourth-order valence-corrected chi connectivity index (χ4v) is 4.53. The summed E-state index contributed by atoms with van der Waals surface area (Å²) in [6.07, 6.45) is 6.70. The molecular weight excluding hydrogens is 264 g/mol. The number of hydrogen-bond donors (Lipinski definition) is 1. The molecule has 0 radical (unpaired) electrons. The molecule has 2 nitrogen and oxygen atoms in total. The van der Waals surface area contributed by atoms with Crippen molar-refractivity contribution in [1.29, 1.82) is 0 Å². The summed E-state index contributed by atoms with van der Waals surface area (Å²) in [5.41, 5.74) is 1.21. The molecule has 1 heterocycles. The summed E-state index contributed by atoms with van der Waals surface area (Å²) < 4.78 is 0. The van der Waals surface area contributed by atoms with Crippen LogP contribution in [0.3, 0.4) is 0 Å². The Balaban J connectivity index is 1.92. The van der Waals surface area contributed by atoms with Crippen molar-refractivity contribution >= 4 is 11.3 Å². The summed E-state index contributed by atoms with van der Waals surface area (Å²) in [4.78, 5) is 6.09. The zero-order valence-electron chi connectivity index (χ0n) is 13.7. The molecule has 0 saturated heterocycles. The first-order valence-electron chi connectivity index (χ1n) is 8.11. The largest absolute Gasteiger partial charge is 0.316 e. The van der Waals surface area contributed by atoms with Crippen LogP contribution >= 0.6 is 11.3 Å². The molecule has 1 saturated carbocycles. The minimum Gasteiger partial charge on any atom is -0.316 e. The maximum Gasteiger partial charge on any atom is 0.0946 e. The molecule has 3 heteroatoms. The van der Waals surface area contributed by atoms with E-state index in [0.717, 1.165) is 24.2 Å². The van der Waals surface area contributed by atoms with Crippen molar-refractivity contribution in [1.82, 2.24) is 10.3 Å². The topological polar surface area (TPSA) is 24.9 Å². The van der Waals surface area contributed by atoms with Crippen LogP contribution in [0, 0.1) is 31.6 Å². The van der Waals surface area contributed by atoms with Crippen LogP contribution in [0.2, 0.25) is 0 Å². The molecule has 1 aromatic heterocycles. The molecule has 20 heavy (non-hydrogen) atoms. The zero-order valence-corrected chi connectivity index (χ0v) is 14.5. The number of rotatable bonds is 5. The Morgan fingerprint density at radius 1 is 1.15 bits per heavy atom. The molecule has 0 aliphatic heterocycles. The molecule has 1 aliphatic rings. The number of nitrogens with one attached hydrogen (secondary N) is 1. The zero-order chi connectivity index (χ0) is 14.7. The summed E-state index contributed by atoms with van der Waals surface area (Å²) >= 11 is 1.88. The van der Waals surface area contributed by atoms with Gasteiger partial charge in [-0.1, -0.05) is 13.8 Å². The summed E-state index contributed by atoms with van der Waals surface area (Å²) in [6, 6.07) is 0.605. The van der Waals surface area contributed by atoms with Gasteiger partial charge in [0, 0.05) is 17.3 Å². The predicted molar refractivity (Wildman–Crippen MR) is 88.4 cm³/mol. The maximum absolute atomic E-state index is 4.71. The molecule has 1 unspecified atom stereocenters. The lowest BCUT2D eigenvalue weighted by atomic mass is 9.74. The highest BCUT2D eigenvalue weighted by atomic mass is 32.1. The maximum atomic E-state index is 4.71. The van der Waals surface area contributed by atoms with Gasteiger partial charge in [-0.15, -0.1) is 11.3 Å². The Hall–Kier alpha value is -0.410. The van der Waals surface area contributed by atoms with E-state index in [0.29, 0.717) is 6.04 Å². The third-order valence-electron chi connectivity index (χ3n) is 5.17. The number of hydrogen-bond acceptors (Lipinski definition) is 3. The van der Waals surface area contributed by atoms with E-state index in [1.54, 1.807) is 0 Å². The molecule has 0 aromatic carbocycles. The van der Waals surface area contributed by atoms with E-state index in [2.05, 4.69) is 40.1 Å². The number of nitrogens with zero attached hydrogens (tertiary/aromatic N) is 1. The second kappa shape index (κ2) is 7.04. The van der Waals surface area contributed by atoms with Crippen molar-refractivity contribution in [2.75, 3.05) is 7.05 Å². The van der Waals surface area contributed by atoms with Crippen LogP contribution in [-0.4, -0.2) is 18.1 Å². The van der Waals surface area contributed by atoms with Crippen LogP contribution in [-0.2, 0) is 6.42 Å². The molecule has 1 fully saturated rings. The van der Waals surface area contributed by atoms with E-state index >= 15 is 0 Å². The van der Waals surface area contributed by atoms with E-state index in [9.17, 15) is 0 Å². The first kappa shape index (κ1) is 16.0. The first-order chi connectivity index (χ1) is 9.51. The third-order valence-corrected chi connectivity index (χ3v) is 6.26. The van der Waals surface area contributed by atoms with Crippen molar-refractivity contribution in [3.8, 4) is 0 Å². The van der Waals surface area contributed by atoms with Crippen LogP contribution in [0.5, 0.6) is 0 Å². The van der Waals surface area contributed by atoms with E-state index in [4.69, 9.17) is 4.98 Å². The van der Waals surface area contributed by atoms with Gasteiger partial charge in [-0.3, -0.25) is 0 Å². The quantitative estimate of drug-likeness (QED) is 0.873. The summed E-state index contributed by atoms with van der Waals surface area (Å²) in [5.74, 6) is 2.64. The Bertz CT molecular complexity index is 397. The molecule has 0 spiro atoms. The van der Waals surface area contributed by atoms with Gasteiger partial charge in [-0.25, -0.2) is 4.98 Å². The number of aromatic nitrogens is 1. The van der Waals surface area contributed by atoms with Gasteiger partial charge < -0.3 is 5.32 Å². The number of aryl methyl sites for hydroxylation is 2. The Morgan fingerprint density at radius 3 is 2.20 bits per heavy atom. The van der Waals surface area contributed by atoms with Crippen LogP contribution in [0.15, 0.2) is 0 Å². The molecule has 1 aliphatic carbocycles. The molecule has 1 atom stereocenters. The summed E-state index contributed by atoms with van der Waals surface area (Å²) in [7, 11) is 2.12. The Kier molecular flexibility index (Phi) is 5.62. The van der Waals surface area contributed by atoms with Crippen LogP contribution in [0.25, 0.3) is 0 Å². The van der Waals surface area contributed by atoms with Gasteiger partial charge in [0.05, 0.1) is 10.7 Å². The molecule has 1 aromatic rings. The highest BCUT2D eigenvalue weighted by molar-refractivity contribution is 7.11. The predicted octanol–water partition coefficient (Wildman–Crippen LogP) is 4.35. The van der Waals surface area contributed by atoms with Gasteiger partial charge in [0.1, 0.15) is 0 Å². The average Bonchev–Trinajstić information content (AvgIpc) is 2.75. The molecule has 0 amide bonds. The third kappa shape index (κ3) is 3.82. The van der Waals surface area contributed by atoms with Crippen LogP contribution in [0.1, 0.15) is 55.1 Å². The van der Waals surface area contributed by atoms with Crippen molar-refractivity contribution in [2.45, 2.75) is 65.8 Å². The van der Waals surface area contributed by atoms with Crippen molar-refractivity contribution in [3.05, 3.63) is 15.6 Å². The lowest BCUT2D eigenvalue weighted by molar-refractivity contribution is 0.191. The highest BCUT2D eigenvalue weighted by Crippen LogP contribution is 2.35. The van der Waals surface area contributed by atoms with Gasteiger partial charge in [0.2, 0.25) is 0 Å². The molecule has 114 valence electrons. The average molecular weight is 295 g/mol. The van der Waals surface area contributed by atoms with Gasteiger partial charge in [-0.05, 0) is 64.3 Å². The monoisotopic (exact) mass is 294 g/mol. The van der Waals surface area contributed by atoms with Crippen LogP contribution < -0.4 is 5.32 Å². The SMILES string of the molecule is CNC(Cc1nc(C)c(C)s1)C1CCC(C(C)C)CC1. The number of thiazole rings is 1. The van der Waals surface area contributed by atoms with Gasteiger partial charge in [0.25, 0.3) is 0 Å². The molecule has 2 rings (SSSR count). The highest BCUT2D eigenvalue weighted by Gasteiger charge is 2.28. The van der Waals surface area contributed by atoms with Gasteiger partial charge in [-0.2, -0.15) is 0 Å². The van der Waals surface area contributed by atoms with Crippen molar-refractivity contribution < 1.29 is 0 Å². The smallest absolute Gasteiger partial charge is 0.0946 e. The molecule has 0 bridgehead atoms. The Morgan fingerprint density at radius 2 is 1.75 bits per heavy atom. The normalized spacial score (nSPS) is 25.1. The minimum atomic E-state index is 0.605. The van der Waals surface area contributed by atoms with E-state index in [-0.39, 0.29) is 0 Å². The fraction of sp³-hybridized carbons (Fsp3) is 0.824. The van der Waals surface area contributed by atoms with Gasteiger partial charge >= 0.3 is 0 Å². The first-order valence-corrected chi connectivity index (χ1v) is 8.93. The van der Waals surface area contributed by atoms with Crippen molar-refractivity contribution in [3.63, 3.8) is 0 Å². The standard InChI is InChI=1S/C17H30N2S/c1-11(2)14-6-8-15(9-7-14)16(18-5)10-17-19-12(3)13(4)20-17/h11,14-16,18H,6-10H2,1-5H3. The fourth-order valence-electron chi connectivity index (χ4n) is 3.53. The van der Waals surface area contributed by atoms with E-state index in [1.807, 2.05) is 11.3 Å². The van der Waals surface area contributed by atoms with Crippen molar-refractivity contribution in [2.24, 2.45) is 17.8 Å². The Labute approximate surface area is 128 Å². The van der Waals surface area contributed by atoms with E-state index < -0.39 is 0 Å². The van der Waals surface area contributed by atoms with Gasteiger partial charge in [0.15, 0.2) is 0 Å². The number of likely N-dealkylation sites (N-methyl/N-ethyl adjacent to an activating group) is 1. The molecular formula is C17H30N2S. The summed E-state index contributed by atoms with van der Waals surface area (Å²) in [6.45, 7) is 9.06. The van der Waals surface area contributed by atoms with Crippen LogP contribution in [0.4, 0.5) is 0 Å². The lowest BCUT2D eigenvalue weighted by Gasteiger charge is -2.35.